The molecule has 116 valence electrons. The van der Waals surface area contributed by atoms with E-state index in [0.717, 1.165) is 44.6 Å². The molecule has 4 nitrogen and oxygen atoms in total. The molecule has 1 heterocycles. The molecule has 4 heteroatoms. The molecule has 0 bridgehead atoms. The summed E-state index contributed by atoms with van der Waals surface area (Å²) in [4.78, 5) is 4.78. The highest BCUT2D eigenvalue weighted by Gasteiger charge is 2.29. The normalized spacial score (nSPS) is 30.2. The lowest BCUT2D eigenvalue weighted by Gasteiger charge is -2.42. The van der Waals surface area contributed by atoms with Crippen LogP contribution >= 0.6 is 0 Å². The number of rotatable bonds is 3. The molecule has 0 aromatic heterocycles. The molecule has 1 saturated carbocycles. The first-order chi connectivity index (χ1) is 10.2. The first-order valence-electron chi connectivity index (χ1n) is 8.21. The van der Waals surface area contributed by atoms with E-state index in [4.69, 9.17) is 5.73 Å². The van der Waals surface area contributed by atoms with Crippen LogP contribution in [0.1, 0.15) is 37.5 Å². The number of nitrogens with two attached hydrogens (primary N) is 1. The Morgan fingerprint density at radius 2 is 1.57 bits per heavy atom. The summed E-state index contributed by atoms with van der Waals surface area (Å²) in [5.74, 6) is 0. The first-order valence-corrected chi connectivity index (χ1v) is 8.21. The molecule has 21 heavy (non-hydrogen) atoms. The molecular formula is C17H27N3O. The number of aliphatic hydroxyl groups is 1. The predicted molar refractivity (Wildman–Crippen MR) is 84.8 cm³/mol. The van der Waals surface area contributed by atoms with Gasteiger partial charge in [-0.1, -0.05) is 30.3 Å². The summed E-state index contributed by atoms with van der Waals surface area (Å²) in [6.45, 7) is 4.00. The molecule has 1 aliphatic heterocycles. The van der Waals surface area contributed by atoms with E-state index in [0.29, 0.717) is 12.1 Å². The van der Waals surface area contributed by atoms with Crippen molar-refractivity contribution in [2.24, 2.45) is 5.73 Å². The highest BCUT2D eigenvalue weighted by atomic mass is 16.3. The van der Waals surface area contributed by atoms with Gasteiger partial charge in [-0.2, -0.15) is 0 Å². The zero-order valence-electron chi connectivity index (χ0n) is 12.7. The maximum absolute atomic E-state index is 10.5. The smallest absolute Gasteiger partial charge is 0.133 e. The van der Waals surface area contributed by atoms with E-state index >= 15 is 0 Å². The Balaban J connectivity index is 1.51. The summed E-state index contributed by atoms with van der Waals surface area (Å²) < 4.78 is 0. The van der Waals surface area contributed by atoms with Crippen molar-refractivity contribution < 1.29 is 5.11 Å². The van der Waals surface area contributed by atoms with Gasteiger partial charge in [0.15, 0.2) is 0 Å². The maximum Gasteiger partial charge on any atom is 0.133 e. The van der Waals surface area contributed by atoms with E-state index in [1.807, 2.05) is 30.3 Å². The van der Waals surface area contributed by atoms with Crippen molar-refractivity contribution in [3.05, 3.63) is 35.9 Å². The average molecular weight is 289 g/mol. The van der Waals surface area contributed by atoms with Crippen molar-refractivity contribution in [3.63, 3.8) is 0 Å². The third-order valence-corrected chi connectivity index (χ3v) is 5.05. The molecule has 2 aliphatic rings. The number of hydrogen-bond donors (Lipinski definition) is 2. The van der Waals surface area contributed by atoms with Gasteiger partial charge in [-0.05, 0) is 31.2 Å². The van der Waals surface area contributed by atoms with Crippen LogP contribution in [-0.4, -0.2) is 53.2 Å². The van der Waals surface area contributed by atoms with Crippen LogP contribution in [0.4, 0.5) is 0 Å². The number of piperazine rings is 1. The predicted octanol–water partition coefficient (Wildman–Crippen LogP) is 1.56. The van der Waals surface area contributed by atoms with Crippen LogP contribution in [0.3, 0.4) is 0 Å². The van der Waals surface area contributed by atoms with Gasteiger partial charge in [0.1, 0.15) is 6.23 Å². The average Bonchev–Trinajstić information content (AvgIpc) is 2.56. The van der Waals surface area contributed by atoms with Gasteiger partial charge >= 0.3 is 0 Å². The van der Waals surface area contributed by atoms with Crippen LogP contribution in [0.25, 0.3) is 0 Å². The summed E-state index contributed by atoms with van der Waals surface area (Å²) >= 11 is 0. The minimum absolute atomic E-state index is 0.419. The molecule has 1 unspecified atom stereocenters. The number of benzene rings is 1. The van der Waals surface area contributed by atoms with Crippen LogP contribution in [0.15, 0.2) is 30.3 Å². The zero-order chi connectivity index (χ0) is 14.7. The number of aliphatic hydroxyl groups excluding tert-OH is 1. The second kappa shape index (κ2) is 6.88. The lowest BCUT2D eigenvalue weighted by molar-refractivity contribution is -0.0376. The molecule has 1 aromatic rings. The van der Waals surface area contributed by atoms with E-state index < -0.39 is 6.23 Å². The Bertz CT molecular complexity index is 423. The quantitative estimate of drug-likeness (QED) is 0.887. The molecule has 2 fully saturated rings. The summed E-state index contributed by atoms with van der Waals surface area (Å²) in [6, 6.07) is 11.1. The molecule has 0 amide bonds. The molecule has 1 saturated heterocycles. The fourth-order valence-corrected chi connectivity index (χ4v) is 3.65. The largest absolute Gasteiger partial charge is 0.374 e. The maximum atomic E-state index is 10.5. The summed E-state index contributed by atoms with van der Waals surface area (Å²) in [6.07, 6.45) is 4.34. The zero-order valence-corrected chi connectivity index (χ0v) is 12.7. The minimum Gasteiger partial charge on any atom is -0.374 e. The van der Waals surface area contributed by atoms with Crippen molar-refractivity contribution in [2.45, 2.75) is 44.0 Å². The molecule has 1 atom stereocenters. The van der Waals surface area contributed by atoms with Gasteiger partial charge in [-0.15, -0.1) is 0 Å². The molecule has 1 aromatic carbocycles. The van der Waals surface area contributed by atoms with Gasteiger partial charge in [0.25, 0.3) is 0 Å². The second-order valence-corrected chi connectivity index (χ2v) is 6.42. The highest BCUT2D eigenvalue weighted by Crippen LogP contribution is 2.25. The Morgan fingerprint density at radius 1 is 0.952 bits per heavy atom. The Labute approximate surface area is 127 Å². The Kier molecular flexibility index (Phi) is 4.91. The summed E-state index contributed by atoms with van der Waals surface area (Å²) in [7, 11) is 0. The Hall–Kier alpha value is -0.940. The van der Waals surface area contributed by atoms with Crippen LogP contribution < -0.4 is 5.73 Å². The standard InChI is InChI=1S/C17H27N3O/c18-15-6-8-16(9-7-15)19-10-12-20(13-11-19)17(21)14-4-2-1-3-5-14/h1-5,15-17,21H,6-13,18H2. The molecule has 0 radical (unpaired) electrons. The van der Waals surface area contributed by atoms with Crippen molar-refractivity contribution >= 4 is 0 Å². The van der Waals surface area contributed by atoms with Crippen molar-refractivity contribution in [3.8, 4) is 0 Å². The number of nitrogens with zero attached hydrogens (tertiary/aromatic N) is 2. The van der Waals surface area contributed by atoms with Crippen LogP contribution in [0.2, 0.25) is 0 Å². The molecule has 3 N–H and O–H groups in total. The van der Waals surface area contributed by atoms with Crippen molar-refractivity contribution in [2.75, 3.05) is 26.2 Å². The van der Waals surface area contributed by atoms with Gasteiger partial charge in [-0.25, -0.2) is 0 Å². The lowest BCUT2D eigenvalue weighted by atomic mass is 9.90. The molecular weight excluding hydrogens is 262 g/mol. The third-order valence-electron chi connectivity index (χ3n) is 5.05. The second-order valence-electron chi connectivity index (χ2n) is 6.42. The van der Waals surface area contributed by atoms with Gasteiger partial charge in [0.05, 0.1) is 0 Å². The topological polar surface area (TPSA) is 52.7 Å². The van der Waals surface area contributed by atoms with Crippen LogP contribution in [-0.2, 0) is 0 Å². The lowest BCUT2D eigenvalue weighted by Crippen LogP contribution is -2.52. The van der Waals surface area contributed by atoms with Crippen molar-refractivity contribution in [1.29, 1.82) is 0 Å². The van der Waals surface area contributed by atoms with Crippen molar-refractivity contribution in [1.82, 2.24) is 9.80 Å². The van der Waals surface area contributed by atoms with E-state index in [9.17, 15) is 5.11 Å². The fourth-order valence-electron chi connectivity index (χ4n) is 3.65. The van der Waals surface area contributed by atoms with Gasteiger partial charge in [-0.3, -0.25) is 9.80 Å². The summed E-state index contributed by atoms with van der Waals surface area (Å²) in [5, 5.41) is 10.5. The molecule has 0 spiro atoms. The SMILES string of the molecule is NC1CCC(N2CCN(C(O)c3ccccc3)CC2)CC1. The first kappa shape index (κ1) is 15.0. The molecule has 3 rings (SSSR count). The van der Waals surface area contributed by atoms with Crippen LogP contribution in [0, 0.1) is 0 Å². The fraction of sp³-hybridized carbons (Fsp3) is 0.647. The number of hydrogen-bond acceptors (Lipinski definition) is 4. The highest BCUT2D eigenvalue weighted by molar-refractivity contribution is 5.17. The summed E-state index contributed by atoms with van der Waals surface area (Å²) in [5.41, 5.74) is 6.99. The van der Waals surface area contributed by atoms with E-state index in [-0.39, 0.29) is 0 Å². The third kappa shape index (κ3) is 3.64. The van der Waals surface area contributed by atoms with Crippen LogP contribution in [0.5, 0.6) is 0 Å². The van der Waals surface area contributed by atoms with Gasteiger partial charge in [0.2, 0.25) is 0 Å². The van der Waals surface area contributed by atoms with E-state index in [1.165, 1.54) is 12.8 Å². The van der Waals surface area contributed by atoms with Gasteiger partial charge < -0.3 is 10.8 Å². The van der Waals surface area contributed by atoms with E-state index in [1.54, 1.807) is 0 Å². The molecule has 1 aliphatic carbocycles. The minimum atomic E-state index is -0.465. The van der Waals surface area contributed by atoms with Gasteiger partial charge in [0, 0.05) is 38.3 Å². The van der Waals surface area contributed by atoms with E-state index in [2.05, 4.69) is 9.80 Å². The Morgan fingerprint density at radius 3 is 2.19 bits per heavy atom. The monoisotopic (exact) mass is 289 g/mol.